The van der Waals surface area contributed by atoms with Crippen molar-refractivity contribution in [3.63, 3.8) is 0 Å². The van der Waals surface area contributed by atoms with Crippen LogP contribution in [-0.4, -0.2) is 11.9 Å². The Labute approximate surface area is 69.9 Å². The van der Waals surface area contributed by atoms with Crippen LogP contribution in [0.4, 0.5) is 4.79 Å². The minimum Gasteiger partial charge on any atom is -0.383 e. The number of aliphatic imine (C=N–C) groups is 1. The highest BCUT2D eigenvalue weighted by atomic mass is 16.2. The number of nitrogens with two attached hydrogens (primary N) is 2. The summed E-state index contributed by atoms with van der Waals surface area (Å²) in [7, 11) is 0. The lowest BCUT2D eigenvalue weighted by Gasteiger charge is -1.96. The van der Waals surface area contributed by atoms with Crippen LogP contribution in [0.15, 0.2) is 35.3 Å². The molecule has 0 aliphatic carbocycles. The summed E-state index contributed by atoms with van der Waals surface area (Å²) in [5.41, 5.74) is 11.0. The van der Waals surface area contributed by atoms with E-state index in [1.165, 1.54) is 0 Å². The number of nitrogens with zero attached hydrogens (tertiary/aromatic N) is 1. The summed E-state index contributed by atoms with van der Waals surface area (Å²) in [6.07, 6.45) is 0. The summed E-state index contributed by atoms with van der Waals surface area (Å²) in [5, 5.41) is 0. The first-order valence-corrected chi connectivity index (χ1v) is 3.39. The molecule has 4 heteroatoms. The molecule has 1 aromatic carbocycles. The van der Waals surface area contributed by atoms with Gasteiger partial charge in [-0.2, -0.15) is 4.99 Å². The fourth-order valence-corrected chi connectivity index (χ4v) is 0.792. The van der Waals surface area contributed by atoms with Gasteiger partial charge in [-0.3, -0.25) is 0 Å². The van der Waals surface area contributed by atoms with E-state index in [0.29, 0.717) is 5.56 Å². The number of amides is 2. The Hall–Kier alpha value is -1.84. The Morgan fingerprint density at radius 1 is 1.17 bits per heavy atom. The van der Waals surface area contributed by atoms with Crippen LogP contribution in [0.25, 0.3) is 0 Å². The molecule has 62 valence electrons. The SMILES string of the molecule is NC(=O)/N=C(\N)c1ccccc1. The van der Waals surface area contributed by atoms with E-state index in [1.54, 1.807) is 24.3 Å². The van der Waals surface area contributed by atoms with Crippen molar-refractivity contribution in [2.75, 3.05) is 0 Å². The smallest absolute Gasteiger partial charge is 0.340 e. The molecule has 12 heavy (non-hydrogen) atoms. The van der Waals surface area contributed by atoms with E-state index < -0.39 is 6.03 Å². The van der Waals surface area contributed by atoms with E-state index in [0.717, 1.165) is 0 Å². The molecule has 0 atom stereocenters. The molecule has 0 radical (unpaired) electrons. The number of benzene rings is 1. The van der Waals surface area contributed by atoms with Gasteiger partial charge in [-0.25, -0.2) is 4.79 Å². The third-order valence-corrected chi connectivity index (χ3v) is 1.30. The Balaban J connectivity index is 2.93. The second-order valence-corrected chi connectivity index (χ2v) is 2.20. The van der Waals surface area contributed by atoms with Crippen LogP contribution in [-0.2, 0) is 0 Å². The summed E-state index contributed by atoms with van der Waals surface area (Å²) in [6.45, 7) is 0. The molecule has 0 aliphatic heterocycles. The first-order valence-electron chi connectivity index (χ1n) is 3.39. The van der Waals surface area contributed by atoms with Gasteiger partial charge in [0.2, 0.25) is 0 Å². The third kappa shape index (κ3) is 2.09. The van der Waals surface area contributed by atoms with Gasteiger partial charge in [0, 0.05) is 5.56 Å². The van der Waals surface area contributed by atoms with Crippen molar-refractivity contribution >= 4 is 11.9 Å². The van der Waals surface area contributed by atoms with Crippen molar-refractivity contribution in [3.8, 4) is 0 Å². The van der Waals surface area contributed by atoms with Crippen molar-refractivity contribution in [2.45, 2.75) is 0 Å². The first-order chi connectivity index (χ1) is 5.70. The molecule has 2 amide bonds. The van der Waals surface area contributed by atoms with Gasteiger partial charge in [0.15, 0.2) is 0 Å². The molecule has 0 aliphatic rings. The molecule has 0 saturated carbocycles. The highest BCUT2D eigenvalue weighted by Crippen LogP contribution is 1.96. The van der Waals surface area contributed by atoms with Crippen LogP contribution in [0.2, 0.25) is 0 Å². The minimum absolute atomic E-state index is 0.142. The zero-order chi connectivity index (χ0) is 8.97. The second kappa shape index (κ2) is 3.52. The molecule has 0 bridgehead atoms. The number of carbonyl (C=O) groups is 1. The molecule has 0 spiro atoms. The molecule has 1 rings (SSSR count). The number of urea groups is 1. The minimum atomic E-state index is -0.781. The van der Waals surface area contributed by atoms with Crippen LogP contribution in [0, 0.1) is 0 Å². The predicted molar refractivity (Wildman–Crippen MR) is 46.7 cm³/mol. The summed E-state index contributed by atoms with van der Waals surface area (Å²) in [5.74, 6) is 0.142. The van der Waals surface area contributed by atoms with Crippen molar-refractivity contribution in [3.05, 3.63) is 35.9 Å². The monoisotopic (exact) mass is 163 g/mol. The molecule has 0 unspecified atom stereocenters. The van der Waals surface area contributed by atoms with E-state index in [9.17, 15) is 4.79 Å². The number of rotatable bonds is 1. The van der Waals surface area contributed by atoms with Gasteiger partial charge >= 0.3 is 6.03 Å². The molecule has 4 nitrogen and oxygen atoms in total. The lowest BCUT2D eigenvalue weighted by molar-refractivity contribution is 0.256. The van der Waals surface area contributed by atoms with E-state index in [1.807, 2.05) is 6.07 Å². The second-order valence-electron chi connectivity index (χ2n) is 2.20. The molecule has 0 heterocycles. The number of primary amides is 1. The highest BCUT2D eigenvalue weighted by Gasteiger charge is 1.97. The van der Waals surface area contributed by atoms with E-state index in [-0.39, 0.29) is 5.84 Å². The number of hydrogen-bond donors (Lipinski definition) is 2. The summed E-state index contributed by atoms with van der Waals surface area (Å²) in [6, 6.07) is 8.18. The maximum atomic E-state index is 10.3. The van der Waals surface area contributed by atoms with Crippen LogP contribution in [0.3, 0.4) is 0 Å². The largest absolute Gasteiger partial charge is 0.383 e. The molecular weight excluding hydrogens is 154 g/mol. The van der Waals surface area contributed by atoms with Gasteiger partial charge < -0.3 is 11.5 Å². The van der Waals surface area contributed by atoms with Crippen molar-refractivity contribution < 1.29 is 4.79 Å². The third-order valence-electron chi connectivity index (χ3n) is 1.30. The quantitative estimate of drug-likeness (QED) is 0.466. The van der Waals surface area contributed by atoms with Gasteiger partial charge in [0.25, 0.3) is 0 Å². The predicted octanol–water partition coefficient (Wildman–Crippen LogP) is 0.471. The van der Waals surface area contributed by atoms with Gasteiger partial charge in [-0.15, -0.1) is 0 Å². The highest BCUT2D eigenvalue weighted by molar-refractivity contribution is 6.03. The maximum Gasteiger partial charge on any atom is 0.340 e. The van der Waals surface area contributed by atoms with Gasteiger partial charge in [-0.05, 0) is 0 Å². The Morgan fingerprint density at radius 3 is 2.25 bits per heavy atom. The zero-order valence-corrected chi connectivity index (χ0v) is 6.40. The Kier molecular flexibility index (Phi) is 2.42. The fraction of sp³-hybridized carbons (Fsp3) is 0. The number of carbonyl (C=O) groups excluding carboxylic acids is 1. The number of hydrogen-bond acceptors (Lipinski definition) is 1. The van der Waals surface area contributed by atoms with E-state index >= 15 is 0 Å². The fourth-order valence-electron chi connectivity index (χ4n) is 0.792. The standard InChI is InChI=1S/C8H9N3O/c9-7(11-8(10)12)6-4-2-1-3-5-6/h1-5H,(H4,9,10,11,12). The molecular formula is C8H9N3O. The summed E-state index contributed by atoms with van der Waals surface area (Å²) >= 11 is 0. The summed E-state index contributed by atoms with van der Waals surface area (Å²) in [4.78, 5) is 13.7. The lowest BCUT2D eigenvalue weighted by Crippen LogP contribution is -2.18. The maximum absolute atomic E-state index is 10.3. The molecule has 0 fully saturated rings. The van der Waals surface area contributed by atoms with Gasteiger partial charge in [0.05, 0.1) is 0 Å². The average Bonchev–Trinajstić information content (AvgIpc) is 2.05. The van der Waals surface area contributed by atoms with Crippen LogP contribution < -0.4 is 11.5 Å². The average molecular weight is 163 g/mol. The topological polar surface area (TPSA) is 81.5 Å². The normalized spacial score (nSPS) is 11.2. The van der Waals surface area contributed by atoms with Gasteiger partial charge in [-0.1, -0.05) is 30.3 Å². The van der Waals surface area contributed by atoms with Crippen LogP contribution in [0.1, 0.15) is 5.56 Å². The molecule has 4 N–H and O–H groups in total. The molecule has 1 aromatic rings. The van der Waals surface area contributed by atoms with Crippen LogP contribution >= 0.6 is 0 Å². The molecule has 0 saturated heterocycles. The van der Waals surface area contributed by atoms with Crippen molar-refractivity contribution in [2.24, 2.45) is 16.5 Å². The summed E-state index contributed by atoms with van der Waals surface area (Å²) < 4.78 is 0. The van der Waals surface area contributed by atoms with Crippen LogP contribution in [0.5, 0.6) is 0 Å². The first kappa shape index (κ1) is 8.26. The Morgan fingerprint density at radius 2 is 1.75 bits per heavy atom. The van der Waals surface area contributed by atoms with Gasteiger partial charge in [0.1, 0.15) is 5.84 Å². The Bertz CT molecular complexity index is 305. The van der Waals surface area contributed by atoms with Crippen molar-refractivity contribution in [1.82, 2.24) is 0 Å². The van der Waals surface area contributed by atoms with E-state index in [2.05, 4.69) is 4.99 Å². The zero-order valence-electron chi connectivity index (χ0n) is 6.40. The van der Waals surface area contributed by atoms with Crippen molar-refractivity contribution in [1.29, 1.82) is 0 Å². The lowest BCUT2D eigenvalue weighted by atomic mass is 10.2. The molecule has 0 aromatic heterocycles. The number of amidine groups is 1. The van der Waals surface area contributed by atoms with E-state index in [4.69, 9.17) is 11.5 Å².